The van der Waals surface area contributed by atoms with Crippen molar-refractivity contribution in [2.24, 2.45) is 0 Å². The number of ether oxygens (including phenoxy) is 1. The molecule has 3 rings (SSSR count). The van der Waals surface area contributed by atoms with E-state index >= 15 is 0 Å². The smallest absolute Gasteiger partial charge is 0.138 e. The molecule has 140 valence electrons. The quantitative estimate of drug-likeness (QED) is 0.586. The lowest BCUT2D eigenvalue weighted by atomic mass is 10.1. The summed E-state index contributed by atoms with van der Waals surface area (Å²) in [6, 6.07) is 11.7. The average Bonchev–Trinajstić information content (AvgIpc) is 3.06. The second-order valence-electron chi connectivity index (χ2n) is 5.97. The van der Waals surface area contributed by atoms with Gasteiger partial charge in [-0.1, -0.05) is 13.8 Å². The Labute approximate surface area is 155 Å². The summed E-state index contributed by atoms with van der Waals surface area (Å²) >= 11 is 0. The number of rotatable bonds is 6. The third-order valence-corrected chi connectivity index (χ3v) is 3.85. The number of hydrogen-bond donors (Lipinski definition) is 3. The van der Waals surface area contributed by atoms with E-state index in [0.29, 0.717) is 12.3 Å². The van der Waals surface area contributed by atoms with Crippen molar-refractivity contribution in [3.63, 3.8) is 0 Å². The number of H-pyrrole nitrogens is 1. The molecule has 1 heterocycles. The third kappa shape index (κ3) is 4.67. The van der Waals surface area contributed by atoms with Crippen LogP contribution < -0.4 is 15.8 Å². The largest absolute Gasteiger partial charge is 0.492 e. The monoisotopic (exact) mass is 355 g/mol. The van der Waals surface area contributed by atoms with Gasteiger partial charge >= 0.3 is 0 Å². The highest BCUT2D eigenvalue weighted by Crippen LogP contribution is 2.27. The molecule has 0 aliphatic rings. The molecule has 6 nitrogen and oxygen atoms in total. The van der Waals surface area contributed by atoms with Crippen molar-refractivity contribution in [1.82, 2.24) is 14.9 Å². The van der Waals surface area contributed by atoms with E-state index in [9.17, 15) is 0 Å². The Morgan fingerprint density at radius 3 is 2.58 bits per heavy atom. The molecule has 0 spiro atoms. The van der Waals surface area contributed by atoms with Crippen LogP contribution >= 0.6 is 0 Å². The van der Waals surface area contributed by atoms with E-state index in [0.717, 1.165) is 40.4 Å². The molecule has 2 aromatic carbocycles. The van der Waals surface area contributed by atoms with Gasteiger partial charge in [-0.2, -0.15) is 0 Å². The summed E-state index contributed by atoms with van der Waals surface area (Å²) in [5.74, 6) is 1.63. The van der Waals surface area contributed by atoms with Gasteiger partial charge in [0.1, 0.15) is 18.2 Å². The number of imidazole rings is 1. The number of nitrogen functional groups attached to an aromatic ring is 1. The van der Waals surface area contributed by atoms with Crippen LogP contribution in [0.3, 0.4) is 0 Å². The summed E-state index contributed by atoms with van der Waals surface area (Å²) in [5, 5.41) is 3.06. The average molecular weight is 355 g/mol. The molecule has 0 atom stereocenters. The van der Waals surface area contributed by atoms with Crippen LogP contribution in [0.5, 0.6) is 5.75 Å². The van der Waals surface area contributed by atoms with Crippen molar-refractivity contribution >= 4 is 22.4 Å². The summed E-state index contributed by atoms with van der Waals surface area (Å²) in [4.78, 5) is 10.1. The number of nitrogens with zero attached hydrogens (tertiary/aromatic N) is 2. The van der Waals surface area contributed by atoms with Gasteiger partial charge in [0.2, 0.25) is 0 Å². The summed E-state index contributed by atoms with van der Waals surface area (Å²) in [6.07, 6.45) is 0. The van der Waals surface area contributed by atoms with Gasteiger partial charge in [0, 0.05) is 25.2 Å². The normalized spacial score (nSPS) is 10.5. The van der Waals surface area contributed by atoms with E-state index < -0.39 is 0 Å². The third-order valence-electron chi connectivity index (χ3n) is 3.85. The Hall–Kier alpha value is -2.73. The van der Waals surface area contributed by atoms with Gasteiger partial charge in [0.15, 0.2) is 0 Å². The van der Waals surface area contributed by atoms with Crippen molar-refractivity contribution in [2.75, 3.05) is 45.3 Å². The van der Waals surface area contributed by atoms with Gasteiger partial charge < -0.3 is 25.7 Å². The fraction of sp³-hybridized carbons (Fsp3) is 0.350. The van der Waals surface area contributed by atoms with E-state index in [1.165, 1.54) is 0 Å². The Kier molecular flexibility index (Phi) is 6.86. The molecule has 26 heavy (non-hydrogen) atoms. The molecular formula is C20H29N5O. The predicted octanol–water partition coefficient (Wildman–Crippen LogP) is 3.82. The zero-order valence-corrected chi connectivity index (χ0v) is 16.3. The molecule has 0 aliphatic heterocycles. The molecule has 0 radical (unpaired) electrons. The summed E-state index contributed by atoms with van der Waals surface area (Å²) in [6.45, 7) is 5.53. The van der Waals surface area contributed by atoms with E-state index in [2.05, 4.69) is 20.2 Å². The molecule has 3 aromatic rings. The van der Waals surface area contributed by atoms with Gasteiger partial charge in [-0.05, 0) is 44.4 Å². The van der Waals surface area contributed by atoms with Crippen molar-refractivity contribution in [1.29, 1.82) is 0 Å². The molecule has 0 saturated heterocycles. The fourth-order valence-corrected chi connectivity index (χ4v) is 2.50. The molecule has 0 saturated carbocycles. The number of benzene rings is 2. The van der Waals surface area contributed by atoms with Crippen LogP contribution in [0, 0.1) is 0 Å². The first-order valence-electron chi connectivity index (χ1n) is 8.92. The van der Waals surface area contributed by atoms with Crippen LogP contribution in [-0.2, 0) is 0 Å². The lowest BCUT2D eigenvalue weighted by Gasteiger charge is -2.10. The van der Waals surface area contributed by atoms with Crippen LogP contribution in [0.15, 0.2) is 36.4 Å². The second kappa shape index (κ2) is 9.10. The SMILES string of the molecule is CC.CNc1ccc(-c2nc3ccc(OCCN(C)C)cc3[nH]2)cc1N. The number of anilines is 2. The highest BCUT2D eigenvalue weighted by atomic mass is 16.5. The maximum absolute atomic E-state index is 6.04. The van der Waals surface area contributed by atoms with E-state index in [1.807, 2.05) is 71.4 Å². The standard InChI is InChI=1S/C18H23N5O.C2H6/c1-20-15-6-4-12(10-14(15)19)18-21-16-7-5-13(11-17(16)22-18)24-9-8-23(2)3;1-2/h4-7,10-11,20H,8-9,19H2,1-3H3,(H,21,22);1-2H3. The minimum atomic E-state index is 0.654. The van der Waals surface area contributed by atoms with E-state index in [4.69, 9.17) is 10.5 Å². The Balaban J connectivity index is 0.00000117. The van der Waals surface area contributed by atoms with Gasteiger partial charge in [-0.15, -0.1) is 0 Å². The molecule has 0 fully saturated rings. The first-order valence-corrected chi connectivity index (χ1v) is 8.92. The van der Waals surface area contributed by atoms with Gasteiger partial charge in [0.05, 0.1) is 22.4 Å². The first kappa shape index (κ1) is 19.6. The number of aromatic nitrogens is 2. The van der Waals surface area contributed by atoms with Gasteiger partial charge in [-0.25, -0.2) is 4.98 Å². The fourth-order valence-electron chi connectivity index (χ4n) is 2.50. The van der Waals surface area contributed by atoms with Crippen LogP contribution in [0.25, 0.3) is 22.4 Å². The summed E-state index contributed by atoms with van der Waals surface area (Å²) < 4.78 is 5.77. The van der Waals surface area contributed by atoms with Crippen molar-refractivity contribution in [2.45, 2.75) is 13.8 Å². The van der Waals surface area contributed by atoms with Crippen LogP contribution in [0.2, 0.25) is 0 Å². The lowest BCUT2D eigenvalue weighted by molar-refractivity contribution is 0.261. The van der Waals surface area contributed by atoms with Crippen LogP contribution in [0.1, 0.15) is 13.8 Å². The zero-order valence-electron chi connectivity index (χ0n) is 16.3. The van der Waals surface area contributed by atoms with Crippen molar-refractivity contribution in [3.05, 3.63) is 36.4 Å². The Bertz CT molecular complexity index is 841. The molecule has 0 aliphatic carbocycles. The number of hydrogen-bond acceptors (Lipinski definition) is 5. The number of nitrogens with one attached hydrogen (secondary N) is 2. The number of fused-ring (bicyclic) bond motifs is 1. The Morgan fingerprint density at radius 2 is 1.92 bits per heavy atom. The molecule has 0 unspecified atom stereocenters. The van der Waals surface area contributed by atoms with Crippen molar-refractivity contribution < 1.29 is 4.74 Å². The highest BCUT2D eigenvalue weighted by molar-refractivity contribution is 5.82. The molecule has 6 heteroatoms. The van der Waals surface area contributed by atoms with Crippen molar-refractivity contribution in [3.8, 4) is 17.1 Å². The number of aromatic amines is 1. The molecule has 1 aromatic heterocycles. The number of nitrogens with two attached hydrogens (primary N) is 1. The zero-order chi connectivity index (χ0) is 19.1. The summed E-state index contributed by atoms with van der Waals surface area (Å²) in [5.41, 5.74) is 10.5. The molecular weight excluding hydrogens is 326 g/mol. The van der Waals surface area contributed by atoms with E-state index in [1.54, 1.807) is 0 Å². The molecule has 0 amide bonds. The molecule has 4 N–H and O–H groups in total. The topological polar surface area (TPSA) is 79.2 Å². The van der Waals surface area contributed by atoms with Crippen LogP contribution in [0.4, 0.5) is 11.4 Å². The summed E-state index contributed by atoms with van der Waals surface area (Å²) in [7, 11) is 5.90. The number of likely N-dealkylation sites (N-methyl/N-ethyl adjacent to an activating group) is 1. The Morgan fingerprint density at radius 1 is 1.15 bits per heavy atom. The molecule has 0 bridgehead atoms. The van der Waals surface area contributed by atoms with Gasteiger partial charge in [0.25, 0.3) is 0 Å². The first-order chi connectivity index (χ1) is 12.6. The maximum atomic E-state index is 6.04. The predicted molar refractivity (Wildman–Crippen MR) is 111 cm³/mol. The highest BCUT2D eigenvalue weighted by Gasteiger charge is 2.08. The van der Waals surface area contributed by atoms with E-state index in [-0.39, 0.29) is 0 Å². The van der Waals surface area contributed by atoms with Gasteiger partial charge in [-0.3, -0.25) is 0 Å². The minimum Gasteiger partial charge on any atom is -0.492 e. The maximum Gasteiger partial charge on any atom is 0.138 e. The minimum absolute atomic E-state index is 0.654. The second-order valence-corrected chi connectivity index (χ2v) is 5.97. The lowest BCUT2D eigenvalue weighted by Crippen LogP contribution is -2.19. The van der Waals surface area contributed by atoms with Crippen LogP contribution in [-0.4, -0.2) is 49.2 Å².